The smallest absolute Gasteiger partial charge is 0 e. The van der Waals surface area contributed by atoms with Crippen molar-refractivity contribution in [1.82, 2.24) is 0 Å². The van der Waals surface area contributed by atoms with Gasteiger partial charge in [0.1, 0.15) is 0 Å². The average Bonchev–Trinajstić information content (AvgIpc) is 2.71. The van der Waals surface area contributed by atoms with E-state index in [0.717, 1.165) is 5.56 Å². The van der Waals surface area contributed by atoms with Gasteiger partial charge >= 0.3 is 33.9 Å². The average molecular weight is 441 g/mol. The molecular weight excluding hydrogens is 416 g/mol. The zero-order valence-electron chi connectivity index (χ0n) is 16.9. The van der Waals surface area contributed by atoms with Crippen LogP contribution in [-0.2, 0) is 46.2 Å². The number of carbonyl (C=O) groups excluding carboxylic acids is 1. The molecule has 0 amide bonds. The normalized spacial score (nSPS) is 11.7. The van der Waals surface area contributed by atoms with E-state index in [1.54, 1.807) is 0 Å². The quantitative estimate of drug-likeness (QED) is 0.303. The largest absolute Gasteiger partial charge is 0 e. The Hall–Kier alpha value is -2.05. The third kappa shape index (κ3) is 17.8. The Morgan fingerprint density at radius 3 is 1.97 bits per heavy atom. The van der Waals surface area contributed by atoms with Crippen molar-refractivity contribution in [3.63, 3.8) is 0 Å². The SMILES string of the molecule is C[C@@H](CCC[C@@](O)(C#CC(C)(C)C)c1ccccc1)O[C-]=O.[C-]#[O+].[C-]#[O+].[C-]#[O+].[Fe]. The Morgan fingerprint density at radius 1 is 1.07 bits per heavy atom. The van der Waals surface area contributed by atoms with Crippen LogP contribution in [-0.4, -0.2) is 17.7 Å². The molecule has 158 valence electrons. The summed E-state index contributed by atoms with van der Waals surface area (Å²) in [6.07, 6.45) is 1.66. The van der Waals surface area contributed by atoms with E-state index in [9.17, 15) is 9.90 Å². The number of aliphatic hydroxyl groups is 1. The maximum absolute atomic E-state index is 11.0. The van der Waals surface area contributed by atoms with Crippen molar-refractivity contribution in [2.75, 3.05) is 0 Å². The monoisotopic (exact) mass is 441 g/mol. The molecule has 0 heterocycles. The second-order valence-corrected chi connectivity index (χ2v) is 6.63. The molecule has 0 aliphatic heterocycles. The van der Waals surface area contributed by atoms with E-state index in [1.165, 1.54) is 6.47 Å². The summed E-state index contributed by atoms with van der Waals surface area (Å²) in [4.78, 5) is 10.2. The minimum Gasteiger partial charge on any atom is 0 e. The predicted octanol–water partition coefficient (Wildman–Crippen LogP) is 3.45. The van der Waals surface area contributed by atoms with E-state index in [-0.39, 0.29) is 28.6 Å². The van der Waals surface area contributed by atoms with Crippen molar-refractivity contribution in [3.8, 4) is 11.8 Å². The number of hydrogen-bond donors (Lipinski definition) is 1. The van der Waals surface area contributed by atoms with Crippen molar-refractivity contribution in [1.29, 1.82) is 0 Å². The Balaban J connectivity index is -0.000000407. The fraction of sp³-hybridized carbons (Fsp3) is 0.455. The summed E-state index contributed by atoms with van der Waals surface area (Å²) in [7, 11) is 0. The molecule has 0 bridgehead atoms. The van der Waals surface area contributed by atoms with Crippen LogP contribution in [0.3, 0.4) is 0 Å². The molecule has 1 N–H and O–H groups in total. The maximum Gasteiger partial charge on any atom is 0 e. The van der Waals surface area contributed by atoms with Gasteiger partial charge in [0.25, 0.3) is 0 Å². The molecule has 1 rings (SSSR count). The molecule has 0 aliphatic carbocycles. The summed E-state index contributed by atoms with van der Waals surface area (Å²) < 4.78 is 27.3. The molecule has 29 heavy (non-hydrogen) atoms. The molecule has 0 fully saturated rings. The van der Waals surface area contributed by atoms with Crippen LogP contribution in [0.25, 0.3) is 0 Å². The van der Waals surface area contributed by atoms with Gasteiger partial charge < -0.3 is 14.6 Å². The van der Waals surface area contributed by atoms with E-state index >= 15 is 0 Å². The van der Waals surface area contributed by atoms with Gasteiger partial charge in [-0.1, -0.05) is 48.6 Å². The zero-order chi connectivity index (χ0) is 22.6. The first-order chi connectivity index (χ1) is 13.3. The molecule has 0 aromatic heterocycles. The van der Waals surface area contributed by atoms with Crippen LogP contribution in [0.5, 0.6) is 0 Å². The minimum absolute atomic E-state index is 0. The van der Waals surface area contributed by atoms with Gasteiger partial charge in [-0.3, -0.25) is 0 Å². The van der Waals surface area contributed by atoms with Crippen LogP contribution < -0.4 is 0 Å². The van der Waals surface area contributed by atoms with Crippen LogP contribution in [0.4, 0.5) is 0 Å². The van der Waals surface area contributed by atoms with Gasteiger partial charge in [0.2, 0.25) is 0 Å². The van der Waals surface area contributed by atoms with Crippen LogP contribution in [0.2, 0.25) is 0 Å². The number of benzene rings is 1. The summed E-state index contributed by atoms with van der Waals surface area (Å²) in [5, 5.41) is 11.0. The predicted molar refractivity (Wildman–Crippen MR) is 99.4 cm³/mol. The number of ether oxygens (including phenoxy) is 1. The van der Waals surface area contributed by atoms with Crippen molar-refractivity contribution >= 4 is 6.47 Å². The van der Waals surface area contributed by atoms with Crippen molar-refractivity contribution in [2.24, 2.45) is 5.41 Å². The third-order valence-electron chi connectivity index (χ3n) is 3.29. The zero-order valence-corrected chi connectivity index (χ0v) is 18.0. The third-order valence-corrected chi connectivity index (χ3v) is 3.29. The fourth-order valence-corrected chi connectivity index (χ4v) is 2.07. The Labute approximate surface area is 184 Å². The second kappa shape index (κ2) is 20.7. The van der Waals surface area contributed by atoms with Crippen LogP contribution in [0.1, 0.15) is 52.5 Å². The van der Waals surface area contributed by atoms with Crippen molar-refractivity contribution in [3.05, 3.63) is 55.8 Å². The molecule has 2 atom stereocenters. The first kappa shape index (κ1) is 34.5. The van der Waals surface area contributed by atoms with E-state index in [4.69, 9.17) is 18.7 Å². The number of rotatable bonds is 7. The van der Waals surface area contributed by atoms with E-state index in [2.05, 4.69) is 31.8 Å². The summed E-state index contributed by atoms with van der Waals surface area (Å²) in [6, 6.07) is 9.47. The summed E-state index contributed by atoms with van der Waals surface area (Å²) in [5.41, 5.74) is -0.563. The standard InChI is InChI=1S/C19H25O3.3CO.Fe/c1-16(22-15-20)9-8-12-19(21,14-13-18(2,3)4)17-10-6-5-7-11-17;3*1-2;/h5-7,10-11,16,21H,8-9,12H2,1-4H3;;;;/q-1;;;;/t16-,19+;;;;/m0..../s1. The van der Waals surface area contributed by atoms with Gasteiger partial charge in [-0.2, -0.15) is 0 Å². The number of hydrogen-bond acceptors (Lipinski definition) is 3. The molecule has 0 saturated heterocycles. The Kier molecular flexibility index (Phi) is 24.6. The van der Waals surface area contributed by atoms with Gasteiger partial charge in [-0.15, -0.1) is 0 Å². The summed E-state index contributed by atoms with van der Waals surface area (Å²) >= 11 is 0. The van der Waals surface area contributed by atoms with Gasteiger partial charge in [-0.05, 0) is 52.5 Å². The van der Waals surface area contributed by atoms with Gasteiger partial charge in [-0.25, -0.2) is 0 Å². The first-order valence-corrected chi connectivity index (χ1v) is 8.23. The van der Waals surface area contributed by atoms with Gasteiger partial charge in [0.15, 0.2) is 5.60 Å². The molecule has 0 saturated carbocycles. The molecule has 6 nitrogen and oxygen atoms in total. The maximum atomic E-state index is 11.0. The summed E-state index contributed by atoms with van der Waals surface area (Å²) in [5.74, 6) is 6.18. The summed E-state index contributed by atoms with van der Waals surface area (Å²) in [6.45, 7) is 22.8. The fourth-order valence-electron chi connectivity index (χ4n) is 2.07. The van der Waals surface area contributed by atoms with E-state index < -0.39 is 5.60 Å². The van der Waals surface area contributed by atoms with Gasteiger partial charge in [0.05, 0.1) is 6.10 Å². The molecule has 1 aromatic carbocycles. The molecule has 7 heteroatoms. The molecule has 0 radical (unpaired) electrons. The molecule has 0 unspecified atom stereocenters. The molecule has 1 aromatic rings. The molecule has 0 spiro atoms. The topological polar surface area (TPSA) is 106 Å². The van der Waals surface area contributed by atoms with E-state index in [1.807, 2.05) is 58.0 Å². The minimum atomic E-state index is -1.18. The van der Waals surface area contributed by atoms with Gasteiger partial charge in [0, 0.05) is 22.5 Å². The first-order valence-electron chi connectivity index (χ1n) is 8.23. The Bertz CT molecular complexity index is 635. The van der Waals surface area contributed by atoms with Crippen molar-refractivity contribution in [2.45, 2.75) is 58.7 Å². The van der Waals surface area contributed by atoms with Crippen molar-refractivity contribution < 1.29 is 45.7 Å². The molecular formula is C22H25FeO6-. The van der Waals surface area contributed by atoms with Crippen LogP contribution in [0, 0.1) is 37.2 Å². The van der Waals surface area contributed by atoms with Crippen LogP contribution in [0.15, 0.2) is 30.3 Å². The molecule has 0 aliphatic rings. The van der Waals surface area contributed by atoms with Crippen LogP contribution >= 0.6 is 0 Å². The van der Waals surface area contributed by atoms with E-state index in [0.29, 0.717) is 19.3 Å². The second-order valence-electron chi connectivity index (χ2n) is 6.63. The Morgan fingerprint density at radius 2 is 1.55 bits per heavy atom.